The Morgan fingerprint density at radius 2 is 1.92 bits per heavy atom. The van der Waals surface area contributed by atoms with Crippen LogP contribution in [0.15, 0.2) is 44.9 Å². The van der Waals surface area contributed by atoms with Gasteiger partial charge in [0.25, 0.3) is 14.1 Å². The van der Waals surface area contributed by atoms with Crippen molar-refractivity contribution in [2.75, 3.05) is 12.3 Å². The van der Waals surface area contributed by atoms with Crippen LogP contribution >= 0.6 is 8.53 Å². The number of nitrogens with one attached hydrogen (secondary N) is 1. The van der Waals surface area contributed by atoms with Crippen molar-refractivity contribution in [1.82, 2.24) is 14.2 Å². The number of hydrogen-bond acceptors (Lipinski definition) is 8. The SMILES string of the molecule is CC[C@H]1O[C@@H](n2cc(C)c(=O)[nH]c2=O)CC1O[P@@]1O[C@H](CS(=O)(=O)c2ccc(C)cc2)[C@@H]2CCCN21. The molecule has 4 heterocycles. The summed E-state index contributed by atoms with van der Waals surface area (Å²) >= 11 is 0. The Morgan fingerprint density at radius 3 is 2.64 bits per heavy atom. The molecule has 5 rings (SSSR count). The normalized spacial score (nSPS) is 30.6. The van der Waals surface area contributed by atoms with Gasteiger partial charge < -0.3 is 13.8 Å². The van der Waals surface area contributed by atoms with Gasteiger partial charge in [0.1, 0.15) is 6.23 Å². The first kappa shape index (κ1) is 25.8. The van der Waals surface area contributed by atoms with Crippen LogP contribution in [0.5, 0.6) is 0 Å². The predicted molar refractivity (Wildman–Crippen MR) is 135 cm³/mol. The minimum absolute atomic E-state index is 0.000929. The summed E-state index contributed by atoms with van der Waals surface area (Å²) in [4.78, 5) is 26.8. The number of fused-ring (bicyclic) bond motifs is 1. The van der Waals surface area contributed by atoms with E-state index in [4.69, 9.17) is 13.8 Å². The third kappa shape index (κ3) is 4.97. The topological polar surface area (TPSA) is 120 Å². The van der Waals surface area contributed by atoms with E-state index in [0.717, 1.165) is 24.9 Å². The van der Waals surface area contributed by atoms with E-state index in [1.807, 2.05) is 13.8 Å². The van der Waals surface area contributed by atoms with Gasteiger partial charge in [-0.3, -0.25) is 14.3 Å². The highest BCUT2D eigenvalue weighted by molar-refractivity contribution is 7.91. The lowest BCUT2D eigenvalue weighted by atomic mass is 10.1. The average Bonchev–Trinajstić information content (AvgIpc) is 3.54. The number of benzene rings is 1. The average molecular weight is 538 g/mol. The molecular formula is C24H32N3O7PS. The third-order valence-corrected chi connectivity index (χ3v) is 10.7. The Balaban J connectivity index is 1.31. The molecule has 3 aliphatic heterocycles. The van der Waals surface area contributed by atoms with Crippen molar-refractivity contribution in [1.29, 1.82) is 0 Å². The van der Waals surface area contributed by atoms with Crippen LogP contribution < -0.4 is 11.2 Å². The van der Waals surface area contributed by atoms with Crippen molar-refractivity contribution in [2.45, 2.75) is 81.9 Å². The standard InChI is InChI=1S/C24H32N3O7PS/c1-4-19-20(12-22(32-19)26-13-16(3)23(28)25-24(26)29)33-35-27-11-5-6-18(27)21(34-35)14-36(30,31)17-9-7-15(2)8-10-17/h7-10,13,18-22H,4-6,11-12,14H2,1-3H3,(H,25,28,29)/t18-,19+,20?,21+,22+,35-/m0/s1. The molecule has 6 atom stereocenters. The number of H-pyrrole nitrogens is 1. The second kappa shape index (κ2) is 10.1. The van der Waals surface area contributed by atoms with E-state index in [1.54, 1.807) is 31.2 Å². The molecule has 196 valence electrons. The van der Waals surface area contributed by atoms with E-state index >= 15 is 0 Å². The molecule has 12 heteroatoms. The molecule has 0 saturated carbocycles. The van der Waals surface area contributed by atoms with Crippen LogP contribution in [0, 0.1) is 13.8 Å². The highest BCUT2D eigenvalue weighted by Gasteiger charge is 2.50. The summed E-state index contributed by atoms with van der Waals surface area (Å²) in [6, 6.07) is 6.90. The third-order valence-electron chi connectivity index (χ3n) is 7.16. The molecule has 2 aromatic rings. The van der Waals surface area contributed by atoms with Crippen molar-refractivity contribution in [3.05, 3.63) is 62.4 Å². The second-order valence-electron chi connectivity index (χ2n) is 9.74. The summed E-state index contributed by atoms with van der Waals surface area (Å²) in [5, 5.41) is 0. The quantitative estimate of drug-likeness (QED) is 0.536. The van der Waals surface area contributed by atoms with Gasteiger partial charge in [-0.2, -0.15) is 0 Å². The number of nitrogens with zero attached hydrogens (tertiary/aromatic N) is 2. The lowest BCUT2D eigenvalue weighted by Gasteiger charge is -2.25. The van der Waals surface area contributed by atoms with Crippen molar-refractivity contribution >= 4 is 18.4 Å². The molecule has 1 N–H and O–H groups in total. The molecule has 0 spiro atoms. The fourth-order valence-corrected chi connectivity index (χ4v) is 8.72. The number of sulfone groups is 1. The number of aromatic amines is 1. The van der Waals surface area contributed by atoms with Crippen molar-refractivity contribution < 1.29 is 22.2 Å². The fraction of sp³-hybridized carbons (Fsp3) is 0.583. The minimum Gasteiger partial charge on any atom is -0.352 e. The fourth-order valence-electron chi connectivity index (χ4n) is 5.15. The molecular weight excluding hydrogens is 505 g/mol. The Labute approximate surface area is 211 Å². The first-order valence-electron chi connectivity index (χ1n) is 12.3. The van der Waals surface area contributed by atoms with E-state index in [9.17, 15) is 18.0 Å². The first-order chi connectivity index (χ1) is 17.2. The zero-order chi connectivity index (χ0) is 25.6. The van der Waals surface area contributed by atoms with Crippen LogP contribution in [0.4, 0.5) is 0 Å². The van der Waals surface area contributed by atoms with Crippen LogP contribution in [0.25, 0.3) is 0 Å². The van der Waals surface area contributed by atoms with Gasteiger partial charge in [-0.05, 0) is 45.2 Å². The Morgan fingerprint density at radius 1 is 1.17 bits per heavy atom. The van der Waals surface area contributed by atoms with E-state index in [1.165, 1.54) is 10.8 Å². The van der Waals surface area contributed by atoms with Gasteiger partial charge in [0, 0.05) is 30.8 Å². The van der Waals surface area contributed by atoms with Crippen LogP contribution in [-0.4, -0.2) is 59.3 Å². The number of aryl methyl sites for hydroxylation is 2. The summed E-state index contributed by atoms with van der Waals surface area (Å²) in [6.07, 6.45) is 2.84. The van der Waals surface area contributed by atoms with Crippen LogP contribution in [0.3, 0.4) is 0 Å². The van der Waals surface area contributed by atoms with E-state index in [-0.39, 0.29) is 24.0 Å². The maximum Gasteiger partial charge on any atom is 0.330 e. The molecule has 3 saturated heterocycles. The summed E-state index contributed by atoms with van der Waals surface area (Å²) in [5.74, 6) is -0.0908. The molecule has 36 heavy (non-hydrogen) atoms. The van der Waals surface area contributed by atoms with Crippen molar-refractivity contribution in [3.63, 3.8) is 0 Å². The maximum atomic E-state index is 13.1. The number of aromatic nitrogens is 2. The van der Waals surface area contributed by atoms with Crippen molar-refractivity contribution in [3.8, 4) is 0 Å². The number of hydrogen-bond donors (Lipinski definition) is 1. The summed E-state index contributed by atoms with van der Waals surface area (Å²) in [5.41, 5.74) is 0.502. The van der Waals surface area contributed by atoms with Gasteiger partial charge in [0.05, 0.1) is 29.0 Å². The van der Waals surface area contributed by atoms with E-state index in [2.05, 4.69) is 9.65 Å². The molecule has 1 unspecified atom stereocenters. The molecule has 10 nitrogen and oxygen atoms in total. The highest BCUT2D eigenvalue weighted by Crippen LogP contribution is 2.58. The molecule has 1 aromatic carbocycles. The van der Waals surface area contributed by atoms with Crippen LogP contribution in [0.1, 0.15) is 50.0 Å². The molecule has 0 radical (unpaired) electrons. The Kier molecular flexibility index (Phi) is 7.24. The Bertz CT molecular complexity index is 1330. The van der Waals surface area contributed by atoms with Crippen molar-refractivity contribution in [2.24, 2.45) is 0 Å². The van der Waals surface area contributed by atoms with Gasteiger partial charge in [0.2, 0.25) is 0 Å². The molecule has 0 amide bonds. The second-order valence-corrected chi connectivity index (χ2v) is 13.2. The van der Waals surface area contributed by atoms with Crippen LogP contribution in [-0.2, 0) is 23.6 Å². The Hall–Kier alpha value is -1.88. The molecule has 0 aliphatic carbocycles. The molecule has 0 bridgehead atoms. The minimum atomic E-state index is -3.51. The molecule has 3 fully saturated rings. The maximum absolute atomic E-state index is 13.1. The first-order valence-corrected chi connectivity index (χ1v) is 15.1. The van der Waals surface area contributed by atoms with Crippen LogP contribution in [0.2, 0.25) is 0 Å². The highest BCUT2D eigenvalue weighted by atomic mass is 32.2. The smallest absolute Gasteiger partial charge is 0.330 e. The van der Waals surface area contributed by atoms with Gasteiger partial charge in [-0.1, -0.05) is 24.6 Å². The van der Waals surface area contributed by atoms with Gasteiger partial charge in [-0.15, -0.1) is 0 Å². The molecule has 1 aromatic heterocycles. The number of ether oxygens (including phenoxy) is 1. The summed E-state index contributed by atoms with van der Waals surface area (Å²) in [6.45, 7) is 6.35. The molecule has 3 aliphatic rings. The van der Waals surface area contributed by atoms with E-state index in [0.29, 0.717) is 23.3 Å². The largest absolute Gasteiger partial charge is 0.352 e. The number of rotatable bonds is 7. The summed E-state index contributed by atoms with van der Waals surface area (Å²) < 4.78 is 48.7. The monoisotopic (exact) mass is 537 g/mol. The summed E-state index contributed by atoms with van der Waals surface area (Å²) in [7, 11) is -4.97. The zero-order valence-electron chi connectivity index (χ0n) is 20.6. The van der Waals surface area contributed by atoms with Gasteiger partial charge in [-0.25, -0.2) is 17.9 Å². The zero-order valence-corrected chi connectivity index (χ0v) is 22.3. The van der Waals surface area contributed by atoms with Gasteiger partial charge >= 0.3 is 5.69 Å². The van der Waals surface area contributed by atoms with Gasteiger partial charge in [0.15, 0.2) is 9.84 Å². The van der Waals surface area contributed by atoms with E-state index < -0.39 is 41.9 Å². The lowest BCUT2D eigenvalue weighted by Crippen LogP contribution is -2.33. The lowest BCUT2D eigenvalue weighted by molar-refractivity contribution is -0.0189. The predicted octanol–water partition coefficient (Wildman–Crippen LogP) is 2.80.